The van der Waals surface area contributed by atoms with Gasteiger partial charge < -0.3 is 10.4 Å². The number of hydrogen-bond donors (Lipinski definition) is 3. The van der Waals surface area contributed by atoms with Gasteiger partial charge in [-0.15, -0.1) is 10.2 Å². The molecule has 1 aromatic rings. The molecule has 1 unspecified atom stereocenters. The maximum atomic E-state index is 11.4. The Kier molecular flexibility index (Phi) is 5.85. The number of aliphatic hydroxyl groups is 1. The molecular weight excluding hydrogens is 240 g/mol. The Hall–Kier alpha value is -1.21. The number of nitrogens with zero attached hydrogens (tertiary/aromatic N) is 2. The van der Waals surface area contributed by atoms with Gasteiger partial charge in [-0.25, -0.2) is 4.79 Å². The Morgan fingerprint density at radius 3 is 2.94 bits per heavy atom. The number of aliphatic hydroxyl groups excluding tert-OH is 1. The van der Waals surface area contributed by atoms with Crippen molar-refractivity contribution in [3.63, 3.8) is 0 Å². The molecule has 3 N–H and O–H groups in total. The first-order chi connectivity index (χ1) is 8.11. The molecule has 96 valence electrons. The van der Waals surface area contributed by atoms with Crippen molar-refractivity contribution in [2.75, 3.05) is 11.9 Å². The number of amides is 2. The van der Waals surface area contributed by atoms with Gasteiger partial charge in [0.1, 0.15) is 5.01 Å². The standard InChI is InChI=1S/C10H18N4O2S/c1-3-4-8-13-14-10(17-8)12-9(16)11-6-5-7(2)15/h7,15H,3-6H2,1-2H3,(H2,11,12,14,16). The Morgan fingerprint density at radius 1 is 1.53 bits per heavy atom. The van der Waals surface area contributed by atoms with Crippen molar-refractivity contribution in [2.45, 2.75) is 39.2 Å². The first-order valence-corrected chi connectivity index (χ1v) is 6.48. The lowest BCUT2D eigenvalue weighted by Gasteiger charge is -2.06. The minimum absolute atomic E-state index is 0.315. The Balaban J connectivity index is 2.29. The summed E-state index contributed by atoms with van der Waals surface area (Å²) in [7, 11) is 0. The quantitative estimate of drug-likeness (QED) is 0.719. The Morgan fingerprint density at radius 2 is 2.29 bits per heavy atom. The van der Waals surface area contributed by atoms with Crippen molar-refractivity contribution in [3.8, 4) is 0 Å². The number of aryl methyl sites for hydroxylation is 1. The highest BCUT2D eigenvalue weighted by molar-refractivity contribution is 7.15. The molecule has 0 aliphatic carbocycles. The number of anilines is 1. The summed E-state index contributed by atoms with van der Waals surface area (Å²) in [4.78, 5) is 11.4. The van der Waals surface area contributed by atoms with Crippen LogP contribution in [0.1, 0.15) is 31.7 Å². The number of aromatic nitrogens is 2. The lowest BCUT2D eigenvalue weighted by molar-refractivity contribution is 0.184. The molecule has 1 aromatic heterocycles. The van der Waals surface area contributed by atoms with E-state index in [4.69, 9.17) is 5.11 Å². The summed E-state index contributed by atoms with van der Waals surface area (Å²) in [6, 6.07) is -0.315. The van der Waals surface area contributed by atoms with E-state index < -0.39 is 6.10 Å². The van der Waals surface area contributed by atoms with Gasteiger partial charge in [-0.1, -0.05) is 18.3 Å². The maximum Gasteiger partial charge on any atom is 0.321 e. The summed E-state index contributed by atoms with van der Waals surface area (Å²) in [5.41, 5.74) is 0. The van der Waals surface area contributed by atoms with Crippen LogP contribution in [0.5, 0.6) is 0 Å². The lowest BCUT2D eigenvalue weighted by atomic mass is 10.3. The third-order valence-corrected chi connectivity index (χ3v) is 2.90. The molecule has 6 nitrogen and oxygen atoms in total. The van der Waals surface area contributed by atoms with Crippen molar-refractivity contribution >= 4 is 22.5 Å². The number of nitrogens with one attached hydrogen (secondary N) is 2. The lowest BCUT2D eigenvalue weighted by Crippen LogP contribution is -2.30. The van der Waals surface area contributed by atoms with Gasteiger partial charge >= 0.3 is 6.03 Å². The summed E-state index contributed by atoms with van der Waals surface area (Å²) in [6.45, 7) is 4.18. The molecule has 2 amide bonds. The normalized spacial score (nSPS) is 12.2. The van der Waals surface area contributed by atoms with E-state index in [9.17, 15) is 4.79 Å². The molecule has 1 heterocycles. The number of hydrogen-bond acceptors (Lipinski definition) is 5. The second-order valence-corrected chi connectivity index (χ2v) is 4.83. The van der Waals surface area contributed by atoms with Gasteiger partial charge in [0, 0.05) is 13.0 Å². The molecule has 0 radical (unpaired) electrons. The van der Waals surface area contributed by atoms with Gasteiger partial charge in [-0.3, -0.25) is 5.32 Å². The molecule has 1 atom stereocenters. The average molecular weight is 258 g/mol. The summed E-state index contributed by atoms with van der Waals surface area (Å²) >= 11 is 1.38. The van der Waals surface area contributed by atoms with Crippen molar-refractivity contribution in [3.05, 3.63) is 5.01 Å². The van der Waals surface area contributed by atoms with Gasteiger partial charge in [-0.2, -0.15) is 0 Å². The summed E-state index contributed by atoms with van der Waals surface area (Å²) in [5.74, 6) is 0. The zero-order chi connectivity index (χ0) is 12.7. The van der Waals surface area contributed by atoms with E-state index in [1.807, 2.05) is 0 Å². The number of urea groups is 1. The van der Waals surface area contributed by atoms with E-state index >= 15 is 0 Å². The highest BCUT2D eigenvalue weighted by Crippen LogP contribution is 2.15. The van der Waals surface area contributed by atoms with Crippen molar-refractivity contribution < 1.29 is 9.90 Å². The molecule has 17 heavy (non-hydrogen) atoms. The highest BCUT2D eigenvalue weighted by atomic mass is 32.1. The number of carbonyl (C=O) groups excluding carboxylic acids is 1. The van der Waals surface area contributed by atoms with Crippen LogP contribution in [0.3, 0.4) is 0 Å². The third-order valence-electron chi connectivity index (χ3n) is 2.00. The molecule has 0 aliphatic rings. The van der Waals surface area contributed by atoms with Crippen molar-refractivity contribution in [1.29, 1.82) is 0 Å². The average Bonchev–Trinajstić information content (AvgIpc) is 2.65. The molecule has 0 bridgehead atoms. The molecule has 0 saturated carbocycles. The molecular formula is C10H18N4O2S. The van der Waals surface area contributed by atoms with Crippen LogP contribution < -0.4 is 10.6 Å². The van der Waals surface area contributed by atoms with Crippen LogP contribution >= 0.6 is 11.3 Å². The first kappa shape index (κ1) is 13.9. The van der Waals surface area contributed by atoms with Gasteiger partial charge in [0.05, 0.1) is 6.10 Å². The molecule has 0 spiro atoms. The fourth-order valence-corrected chi connectivity index (χ4v) is 1.99. The maximum absolute atomic E-state index is 11.4. The molecule has 0 aliphatic heterocycles. The van der Waals surface area contributed by atoms with Gasteiger partial charge in [0.2, 0.25) is 5.13 Å². The van der Waals surface area contributed by atoms with Crippen LogP contribution in [0.4, 0.5) is 9.93 Å². The third kappa shape index (κ3) is 5.60. The Bertz CT molecular complexity index is 354. The van der Waals surface area contributed by atoms with Crippen LogP contribution in [0, 0.1) is 0 Å². The zero-order valence-corrected chi connectivity index (χ0v) is 10.9. The number of rotatable bonds is 6. The zero-order valence-electron chi connectivity index (χ0n) is 10.1. The van der Waals surface area contributed by atoms with E-state index in [-0.39, 0.29) is 6.03 Å². The van der Waals surface area contributed by atoms with Crippen LogP contribution in [0.2, 0.25) is 0 Å². The summed E-state index contributed by atoms with van der Waals surface area (Å²) < 4.78 is 0. The molecule has 0 saturated heterocycles. The largest absolute Gasteiger partial charge is 0.393 e. The predicted octanol–water partition coefficient (Wildman–Crippen LogP) is 1.38. The Labute approximate surface area is 104 Å². The van der Waals surface area contributed by atoms with E-state index in [2.05, 4.69) is 27.8 Å². The molecule has 0 fully saturated rings. The SMILES string of the molecule is CCCc1nnc(NC(=O)NCCC(C)O)s1. The van der Waals surface area contributed by atoms with Crippen LogP contribution in [-0.4, -0.2) is 34.0 Å². The van der Waals surface area contributed by atoms with E-state index in [0.29, 0.717) is 18.1 Å². The fraction of sp³-hybridized carbons (Fsp3) is 0.700. The molecule has 7 heteroatoms. The summed E-state index contributed by atoms with van der Waals surface area (Å²) in [6.07, 6.45) is 2.01. The van der Waals surface area contributed by atoms with Gasteiger partial charge in [-0.05, 0) is 19.8 Å². The summed E-state index contributed by atoms with van der Waals surface area (Å²) in [5, 5.41) is 23.5. The van der Waals surface area contributed by atoms with Crippen LogP contribution in [0.15, 0.2) is 0 Å². The van der Waals surface area contributed by atoms with Gasteiger partial charge in [0.15, 0.2) is 0 Å². The van der Waals surface area contributed by atoms with Crippen molar-refractivity contribution in [2.24, 2.45) is 0 Å². The highest BCUT2D eigenvalue weighted by Gasteiger charge is 2.07. The van der Waals surface area contributed by atoms with Crippen molar-refractivity contribution in [1.82, 2.24) is 15.5 Å². The fourth-order valence-electron chi connectivity index (χ4n) is 1.15. The van der Waals surface area contributed by atoms with E-state index in [0.717, 1.165) is 17.8 Å². The second-order valence-electron chi connectivity index (χ2n) is 3.77. The van der Waals surface area contributed by atoms with E-state index in [1.54, 1.807) is 6.92 Å². The number of carbonyl (C=O) groups is 1. The molecule has 1 rings (SSSR count). The van der Waals surface area contributed by atoms with Gasteiger partial charge in [0.25, 0.3) is 0 Å². The smallest absolute Gasteiger partial charge is 0.321 e. The minimum Gasteiger partial charge on any atom is -0.393 e. The van der Waals surface area contributed by atoms with E-state index in [1.165, 1.54) is 11.3 Å². The topological polar surface area (TPSA) is 87.1 Å². The first-order valence-electron chi connectivity index (χ1n) is 5.67. The molecule has 0 aromatic carbocycles. The monoisotopic (exact) mass is 258 g/mol. The minimum atomic E-state index is -0.409. The second kappa shape index (κ2) is 7.18. The van der Waals surface area contributed by atoms with Crippen LogP contribution in [0.25, 0.3) is 0 Å². The van der Waals surface area contributed by atoms with Crippen LogP contribution in [-0.2, 0) is 6.42 Å². The predicted molar refractivity (Wildman–Crippen MR) is 67.2 cm³/mol.